The zero-order chi connectivity index (χ0) is 26.1. The number of nitrogens with one attached hydrogen (secondary N) is 1. The molecule has 36 heavy (non-hydrogen) atoms. The van der Waals surface area contributed by atoms with Crippen LogP contribution in [0.1, 0.15) is 37.3 Å². The Labute approximate surface area is 206 Å². The molecule has 1 aliphatic heterocycles. The number of benzene rings is 2. The number of ether oxygens (including phenoxy) is 4. The Morgan fingerprint density at radius 2 is 1.64 bits per heavy atom. The van der Waals surface area contributed by atoms with Gasteiger partial charge < -0.3 is 24.3 Å². The van der Waals surface area contributed by atoms with Gasteiger partial charge in [0.2, 0.25) is 0 Å². The minimum absolute atomic E-state index is 0.00825. The molecule has 0 saturated carbocycles. The van der Waals surface area contributed by atoms with Crippen LogP contribution in [0.3, 0.4) is 0 Å². The number of nitriles is 1. The van der Waals surface area contributed by atoms with Crippen LogP contribution < -0.4 is 5.32 Å². The van der Waals surface area contributed by atoms with Gasteiger partial charge in [-0.1, -0.05) is 42.5 Å². The van der Waals surface area contributed by atoms with Crippen molar-refractivity contribution in [3.8, 4) is 6.07 Å². The monoisotopic (exact) mass is 493 g/mol. The van der Waals surface area contributed by atoms with Crippen LogP contribution in [-0.2, 0) is 25.6 Å². The second kappa shape index (κ2) is 12.0. The molecule has 1 heterocycles. The number of hydrogen-bond donors (Lipinski definition) is 1. The van der Waals surface area contributed by atoms with Crippen LogP contribution >= 0.6 is 0 Å². The Hall–Kier alpha value is -4.85. The number of allylic oxidation sites excluding steroid dienone is 2. The number of non-ortho nitro benzene ring substituents is 1. The lowest BCUT2D eigenvalue weighted by atomic mass is 9.90. The molecule has 3 rings (SSSR count). The number of nitro groups is 1. The van der Waals surface area contributed by atoms with Crippen LogP contribution in [0, 0.1) is 21.4 Å². The van der Waals surface area contributed by atoms with E-state index in [9.17, 15) is 19.7 Å². The molecule has 0 bridgehead atoms. The van der Waals surface area contributed by atoms with E-state index in [2.05, 4.69) is 5.32 Å². The predicted molar refractivity (Wildman–Crippen MR) is 125 cm³/mol. The second-order valence-corrected chi connectivity index (χ2v) is 7.62. The minimum atomic E-state index is -1.08. The maximum absolute atomic E-state index is 12.6. The normalized spacial score (nSPS) is 14.9. The fourth-order valence-electron chi connectivity index (χ4n) is 3.48. The highest BCUT2D eigenvalue weighted by atomic mass is 16.7. The van der Waals surface area contributed by atoms with Crippen LogP contribution in [0.4, 0.5) is 15.3 Å². The summed E-state index contributed by atoms with van der Waals surface area (Å²) in [6.07, 6.45) is -2.12. The molecule has 11 nitrogen and oxygen atoms in total. The molecular weight excluding hydrogens is 470 g/mol. The Balaban J connectivity index is 1.91. The molecule has 0 saturated heterocycles. The number of dihydropyridines is 1. The van der Waals surface area contributed by atoms with Crippen molar-refractivity contribution in [3.63, 3.8) is 0 Å². The molecule has 0 amide bonds. The Morgan fingerprint density at radius 3 is 2.25 bits per heavy atom. The number of nitro benzene ring substituents is 1. The van der Waals surface area contributed by atoms with Gasteiger partial charge in [0.25, 0.3) is 5.69 Å². The molecule has 1 aliphatic rings. The molecule has 11 heteroatoms. The summed E-state index contributed by atoms with van der Waals surface area (Å²) in [7, 11) is 0. The number of carbonyl (C=O) groups excluding carboxylic acids is 2. The van der Waals surface area contributed by atoms with Gasteiger partial charge in [-0.2, -0.15) is 5.26 Å². The van der Waals surface area contributed by atoms with Gasteiger partial charge in [-0.05, 0) is 25.0 Å². The van der Waals surface area contributed by atoms with Gasteiger partial charge >= 0.3 is 12.3 Å². The van der Waals surface area contributed by atoms with E-state index in [1.807, 2.05) is 12.1 Å². The van der Waals surface area contributed by atoms with Gasteiger partial charge in [-0.3, -0.25) is 10.1 Å². The van der Waals surface area contributed by atoms with Crippen molar-refractivity contribution in [3.05, 3.63) is 98.8 Å². The SMILES string of the molecule is CC1=C(OC(=O)OCCC#N)C(c2cccc([N+](=O)[O-])c2)C(OC(=O)OCc2ccccc2)=C(C)N1. The number of rotatable bonds is 8. The third kappa shape index (κ3) is 6.60. The summed E-state index contributed by atoms with van der Waals surface area (Å²) in [5.41, 5.74) is 1.67. The molecule has 0 spiro atoms. The summed E-state index contributed by atoms with van der Waals surface area (Å²) in [6.45, 7) is 3.04. The average molecular weight is 493 g/mol. The van der Waals surface area contributed by atoms with Crippen molar-refractivity contribution >= 4 is 18.0 Å². The summed E-state index contributed by atoms with van der Waals surface area (Å²) in [6, 6.07) is 16.5. The predicted octanol–water partition coefficient (Wildman–Crippen LogP) is 5.16. The van der Waals surface area contributed by atoms with E-state index in [1.165, 1.54) is 18.2 Å². The van der Waals surface area contributed by atoms with Gasteiger partial charge in [-0.25, -0.2) is 9.59 Å². The van der Waals surface area contributed by atoms with Gasteiger partial charge in [0.05, 0.1) is 28.8 Å². The van der Waals surface area contributed by atoms with Crippen molar-refractivity contribution in [1.29, 1.82) is 5.26 Å². The van der Waals surface area contributed by atoms with Crippen molar-refractivity contribution in [2.24, 2.45) is 0 Å². The molecule has 2 aromatic carbocycles. The minimum Gasteiger partial charge on any atom is -0.433 e. The molecule has 0 fully saturated rings. The van der Waals surface area contributed by atoms with Crippen molar-refractivity contribution in [2.75, 3.05) is 6.61 Å². The first kappa shape index (κ1) is 25.8. The van der Waals surface area contributed by atoms with Crippen molar-refractivity contribution < 1.29 is 33.5 Å². The summed E-state index contributed by atoms with van der Waals surface area (Å²) in [4.78, 5) is 35.7. The number of carbonyl (C=O) groups is 2. The number of nitrogens with zero attached hydrogens (tertiary/aromatic N) is 2. The highest BCUT2D eigenvalue weighted by Gasteiger charge is 2.36. The van der Waals surface area contributed by atoms with E-state index < -0.39 is 23.2 Å². The van der Waals surface area contributed by atoms with Gasteiger partial charge in [0.1, 0.15) is 30.6 Å². The smallest absolute Gasteiger partial charge is 0.433 e. The van der Waals surface area contributed by atoms with Gasteiger partial charge in [0.15, 0.2) is 0 Å². The molecule has 1 N–H and O–H groups in total. The van der Waals surface area contributed by atoms with Crippen LogP contribution in [-0.4, -0.2) is 23.8 Å². The van der Waals surface area contributed by atoms with Crippen LogP contribution in [0.15, 0.2) is 77.5 Å². The zero-order valence-electron chi connectivity index (χ0n) is 19.6. The van der Waals surface area contributed by atoms with Crippen LogP contribution in [0.2, 0.25) is 0 Å². The molecule has 1 atom stereocenters. The highest BCUT2D eigenvalue weighted by Crippen LogP contribution is 2.40. The fraction of sp³-hybridized carbons (Fsp3) is 0.240. The van der Waals surface area contributed by atoms with E-state index in [0.717, 1.165) is 5.56 Å². The first-order valence-corrected chi connectivity index (χ1v) is 10.8. The number of hydrogen-bond acceptors (Lipinski definition) is 10. The molecule has 1 unspecified atom stereocenters. The molecule has 2 aromatic rings. The maximum atomic E-state index is 12.6. The highest BCUT2D eigenvalue weighted by molar-refractivity contribution is 5.65. The summed E-state index contributed by atoms with van der Waals surface area (Å²) >= 11 is 0. The zero-order valence-corrected chi connectivity index (χ0v) is 19.6. The Bertz CT molecular complexity index is 1250. The van der Waals surface area contributed by atoms with Crippen LogP contribution in [0.25, 0.3) is 0 Å². The standard InChI is InChI=1S/C25H23N3O8/c1-16-22(35-24(29)33-13-7-12-26)21(19-10-6-11-20(14-19)28(31)32)23(17(2)27-16)36-25(30)34-15-18-8-4-3-5-9-18/h3-6,8-11,14,21,27H,7,13,15H2,1-2H3. The Kier molecular flexibility index (Phi) is 8.61. The van der Waals surface area contributed by atoms with Crippen molar-refractivity contribution in [2.45, 2.75) is 32.8 Å². The van der Waals surface area contributed by atoms with Gasteiger partial charge in [-0.15, -0.1) is 0 Å². The first-order chi connectivity index (χ1) is 17.3. The van der Waals surface area contributed by atoms with Gasteiger partial charge in [0, 0.05) is 12.1 Å². The lowest BCUT2D eigenvalue weighted by Gasteiger charge is -2.30. The molecule has 0 aliphatic carbocycles. The maximum Gasteiger partial charge on any atom is 0.513 e. The summed E-state index contributed by atoms with van der Waals surface area (Å²) in [5.74, 6) is -0.980. The summed E-state index contributed by atoms with van der Waals surface area (Å²) < 4.78 is 21.1. The van der Waals surface area contributed by atoms with E-state index in [4.69, 9.17) is 24.2 Å². The topological polar surface area (TPSA) is 150 Å². The third-order valence-corrected chi connectivity index (χ3v) is 5.07. The molecule has 186 valence electrons. The van der Waals surface area contributed by atoms with E-state index in [0.29, 0.717) is 17.0 Å². The Morgan fingerprint density at radius 1 is 1.00 bits per heavy atom. The largest absolute Gasteiger partial charge is 0.513 e. The second-order valence-electron chi connectivity index (χ2n) is 7.62. The van der Waals surface area contributed by atoms with Crippen LogP contribution in [0.5, 0.6) is 0 Å². The molecule has 0 aromatic heterocycles. The van der Waals surface area contributed by atoms with E-state index in [-0.39, 0.29) is 36.8 Å². The quantitative estimate of drug-likeness (QED) is 0.226. The van der Waals surface area contributed by atoms with E-state index >= 15 is 0 Å². The lowest BCUT2D eigenvalue weighted by molar-refractivity contribution is -0.384. The molecule has 0 radical (unpaired) electrons. The average Bonchev–Trinajstić information content (AvgIpc) is 2.86. The van der Waals surface area contributed by atoms with Crippen molar-refractivity contribution in [1.82, 2.24) is 5.32 Å². The summed E-state index contributed by atoms with van der Waals surface area (Å²) in [5, 5.41) is 23.0. The third-order valence-electron chi connectivity index (χ3n) is 5.07. The molecular formula is C25H23N3O8. The van der Waals surface area contributed by atoms with E-state index in [1.54, 1.807) is 44.2 Å². The fourth-order valence-corrected chi connectivity index (χ4v) is 3.48. The lowest BCUT2D eigenvalue weighted by Crippen LogP contribution is -2.29. The first-order valence-electron chi connectivity index (χ1n) is 10.8.